The second-order valence-corrected chi connectivity index (χ2v) is 12.6. The van der Waals surface area contributed by atoms with Gasteiger partial charge in [-0.1, -0.05) is 43.3 Å². The first kappa shape index (κ1) is 29.9. The van der Waals surface area contributed by atoms with Gasteiger partial charge >= 0.3 is 6.01 Å². The minimum absolute atomic E-state index is 0.125. The van der Waals surface area contributed by atoms with Crippen LogP contribution in [0.2, 0.25) is 0 Å². The fourth-order valence-corrected chi connectivity index (χ4v) is 7.48. The van der Waals surface area contributed by atoms with Crippen LogP contribution in [-0.4, -0.2) is 91.2 Å². The van der Waals surface area contributed by atoms with E-state index in [0.717, 1.165) is 36.5 Å². The third-order valence-electron chi connectivity index (χ3n) is 9.71. The minimum atomic E-state index is -0.222. The van der Waals surface area contributed by atoms with E-state index in [1.165, 1.54) is 40.9 Å². The maximum Gasteiger partial charge on any atom is 0.318 e. The number of benzene rings is 2. The van der Waals surface area contributed by atoms with Crippen molar-refractivity contribution in [1.29, 1.82) is 0 Å². The van der Waals surface area contributed by atoms with E-state index in [-0.39, 0.29) is 18.5 Å². The molecule has 3 heterocycles. The predicted octanol–water partition coefficient (Wildman–Crippen LogP) is 4.73. The average Bonchev–Trinajstić information content (AvgIpc) is 3.52. The number of rotatable bonds is 8. The Morgan fingerprint density at radius 1 is 1.14 bits per heavy atom. The van der Waals surface area contributed by atoms with Crippen LogP contribution in [0.4, 0.5) is 11.5 Å². The topological polar surface area (TPSA) is 69.4 Å². The number of carbonyl (C=O) groups excluding carboxylic acids is 1. The first-order valence-electron chi connectivity index (χ1n) is 15.8. The van der Waals surface area contributed by atoms with Crippen molar-refractivity contribution in [2.75, 3.05) is 63.2 Å². The molecule has 0 bridgehead atoms. The Morgan fingerprint density at radius 2 is 1.95 bits per heavy atom. The summed E-state index contributed by atoms with van der Waals surface area (Å²) in [6, 6.07) is 13.7. The summed E-state index contributed by atoms with van der Waals surface area (Å²) in [5, 5.41) is 2.52. The van der Waals surface area contributed by atoms with E-state index in [1.807, 2.05) is 0 Å². The number of nitrogens with zero attached hydrogens (tertiary/aromatic N) is 7. The van der Waals surface area contributed by atoms with Crippen molar-refractivity contribution < 1.29 is 9.53 Å². The molecule has 6 rings (SSSR count). The molecule has 3 aromatic rings. The van der Waals surface area contributed by atoms with Crippen LogP contribution in [0.25, 0.3) is 15.6 Å². The highest BCUT2D eigenvalue weighted by Gasteiger charge is 2.35. The molecule has 9 heteroatoms. The third-order valence-corrected chi connectivity index (χ3v) is 9.71. The van der Waals surface area contributed by atoms with E-state index in [2.05, 4.69) is 83.5 Å². The number of fused-ring (bicyclic) bond motifs is 2. The largest absolute Gasteiger partial charge is 0.463 e. The number of carbonyl (C=O) groups is 1. The number of hydrogen-bond donors (Lipinski definition) is 0. The molecule has 1 aromatic heterocycles. The highest BCUT2D eigenvalue weighted by atomic mass is 16.5. The standard InChI is InChI=1S/C35H43N7O2/c1-6-32(43)42-19-18-41(21-27(42)20-36-3)34-28-16-17-40(31-15-8-12-25-11-7-10-24(2)33(25)31)22-29(28)37-35(38-34)44-23-26-13-9-14-30(26)39(4)5/h6-8,10-12,15,26-27,30H,1,9,13-14,16-23H2,2,4-5H3/t26-,27+,30+/m1/s1. The molecular weight excluding hydrogens is 550 g/mol. The molecule has 0 N–H and O–H groups in total. The smallest absolute Gasteiger partial charge is 0.318 e. The zero-order valence-electron chi connectivity index (χ0n) is 26.2. The van der Waals surface area contributed by atoms with Crippen molar-refractivity contribution in [3.8, 4) is 6.01 Å². The van der Waals surface area contributed by atoms with E-state index >= 15 is 0 Å². The lowest BCUT2D eigenvalue weighted by atomic mass is 9.99. The van der Waals surface area contributed by atoms with Gasteiger partial charge in [-0.15, -0.1) is 0 Å². The van der Waals surface area contributed by atoms with Crippen LogP contribution in [0.3, 0.4) is 0 Å². The SMILES string of the molecule is [C-]#[N+]C[C@H]1CN(c2nc(OC[C@H]3CCC[C@@H]3N(C)C)nc3c2CCN(c2cccc4cccc(C)c24)C3)CCN1C(=O)C=C. The van der Waals surface area contributed by atoms with Gasteiger partial charge in [-0.3, -0.25) is 4.79 Å². The molecule has 9 nitrogen and oxygen atoms in total. The van der Waals surface area contributed by atoms with E-state index in [4.69, 9.17) is 21.3 Å². The van der Waals surface area contributed by atoms with Gasteiger partial charge in [0.25, 0.3) is 0 Å². The molecule has 1 saturated carbocycles. The van der Waals surface area contributed by atoms with Gasteiger partial charge in [0, 0.05) is 54.8 Å². The number of amides is 1. The second kappa shape index (κ2) is 12.8. The van der Waals surface area contributed by atoms with Crippen molar-refractivity contribution in [1.82, 2.24) is 19.8 Å². The number of anilines is 2. The number of hydrogen-bond acceptors (Lipinski definition) is 7. The molecule has 3 aliphatic rings. The van der Waals surface area contributed by atoms with E-state index in [9.17, 15) is 4.79 Å². The number of piperazine rings is 1. The maximum absolute atomic E-state index is 12.6. The van der Waals surface area contributed by atoms with Crippen molar-refractivity contribution >= 4 is 28.2 Å². The lowest BCUT2D eigenvalue weighted by molar-refractivity contribution is -0.128. The van der Waals surface area contributed by atoms with Crippen LogP contribution in [0, 0.1) is 19.4 Å². The second-order valence-electron chi connectivity index (χ2n) is 12.6. The third kappa shape index (κ3) is 5.83. The van der Waals surface area contributed by atoms with Gasteiger partial charge in [0.2, 0.25) is 12.5 Å². The van der Waals surface area contributed by atoms with Crippen LogP contribution >= 0.6 is 0 Å². The summed E-state index contributed by atoms with van der Waals surface area (Å²) in [4.78, 5) is 35.1. The maximum atomic E-state index is 12.6. The van der Waals surface area contributed by atoms with Gasteiger partial charge < -0.3 is 29.2 Å². The molecule has 2 aliphatic heterocycles. The molecule has 2 aromatic carbocycles. The van der Waals surface area contributed by atoms with Crippen LogP contribution in [0.15, 0.2) is 49.1 Å². The highest BCUT2D eigenvalue weighted by molar-refractivity contribution is 5.97. The van der Waals surface area contributed by atoms with Crippen LogP contribution in [0.1, 0.15) is 36.1 Å². The van der Waals surface area contributed by atoms with E-state index < -0.39 is 0 Å². The number of aryl methyl sites for hydroxylation is 1. The van der Waals surface area contributed by atoms with E-state index in [1.54, 1.807) is 4.90 Å². The Bertz CT molecular complexity index is 1580. The zero-order valence-corrected chi connectivity index (χ0v) is 26.2. The molecule has 0 spiro atoms. The summed E-state index contributed by atoms with van der Waals surface area (Å²) in [5.74, 6) is 1.20. The quantitative estimate of drug-likeness (QED) is 0.276. The Balaban J connectivity index is 1.34. The van der Waals surface area contributed by atoms with Crippen molar-refractivity contribution in [3.63, 3.8) is 0 Å². The summed E-state index contributed by atoms with van der Waals surface area (Å²) in [5.41, 5.74) is 4.62. The lowest BCUT2D eigenvalue weighted by Crippen LogP contribution is -2.56. The number of ether oxygens (including phenoxy) is 1. The molecule has 0 unspecified atom stereocenters. The van der Waals surface area contributed by atoms with Crippen LogP contribution in [-0.2, 0) is 17.8 Å². The summed E-state index contributed by atoms with van der Waals surface area (Å²) >= 11 is 0. The Kier molecular flexibility index (Phi) is 8.72. The summed E-state index contributed by atoms with van der Waals surface area (Å²) in [6.07, 6.45) is 5.69. The first-order chi connectivity index (χ1) is 21.4. The monoisotopic (exact) mass is 593 g/mol. The van der Waals surface area contributed by atoms with Gasteiger partial charge in [-0.2, -0.15) is 9.97 Å². The summed E-state index contributed by atoms with van der Waals surface area (Å²) in [6.45, 7) is 17.4. The normalized spacial score (nSPS) is 21.8. The van der Waals surface area contributed by atoms with Crippen LogP contribution < -0.4 is 14.5 Å². The number of aromatic nitrogens is 2. The predicted molar refractivity (Wildman–Crippen MR) is 175 cm³/mol. The van der Waals surface area contributed by atoms with Crippen molar-refractivity contribution in [2.45, 2.75) is 51.2 Å². The fourth-order valence-electron chi connectivity index (χ4n) is 7.48. The minimum Gasteiger partial charge on any atom is -0.463 e. The van der Waals surface area contributed by atoms with Gasteiger partial charge in [0.1, 0.15) is 11.9 Å². The molecule has 0 radical (unpaired) electrons. The van der Waals surface area contributed by atoms with Gasteiger partial charge in [-0.05, 0) is 63.4 Å². The van der Waals surface area contributed by atoms with Gasteiger partial charge in [0.15, 0.2) is 0 Å². The van der Waals surface area contributed by atoms with Crippen LogP contribution in [0.5, 0.6) is 6.01 Å². The molecule has 1 aliphatic carbocycles. The zero-order chi connectivity index (χ0) is 30.8. The van der Waals surface area contributed by atoms with Crippen molar-refractivity contribution in [2.24, 2.45) is 5.92 Å². The Hall–Kier alpha value is -4.16. The molecule has 1 amide bonds. The molecular formula is C35H43N7O2. The molecule has 44 heavy (non-hydrogen) atoms. The fraction of sp³-hybridized carbons (Fsp3) is 0.486. The Labute approximate surface area is 260 Å². The average molecular weight is 594 g/mol. The lowest BCUT2D eigenvalue weighted by Gasteiger charge is -2.41. The first-order valence-corrected chi connectivity index (χ1v) is 15.8. The molecule has 230 valence electrons. The van der Waals surface area contributed by atoms with Crippen molar-refractivity contribution in [3.05, 3.63) is 77.3 Å². The molecule has 2 fully saturated rings. The summed E-state index contributed by atoms with van der Waals surface area (Å²) < 4.78 is 6.43. The van der Waals surface area contributed by atoms with Gasteiger partial charge in [0.05, 0.1) is 18.8 Å². The summed E-state index contributed by atoms with van der Waals surface area (Å²) in [7, 11) is 4.30. The highest BCUT2D eigenvalue weighted by Crippen LogP contribution is 2.36. The Morgan fingerprint density at radius 3 is 2.73 bits per heavy atom. The van der Waals surface area contributed by atoms with E-state index in [0.29, 0.717) is 50.8 Å². The molecule has 1 saturated heterocycles. The van der Waals surface area contributed by atoms with Gasteiger partial charge in [-0.25, -0.2) is 6.57 Å². The molecule has 3 atom stereocenters.